The van der Waals surface area contributed by atoms with Crippen LogP contribution in [0.1, 0.15) is 17.3 Å². The molecule has 1 aliphatic rings. The molecule has 0 spiro atoms. The van der Waals surface area contributed by atoms with Crippen molar-refractivity contribution in [1.29, 1.82) is 0 Å². The van der Waals surface area contributed by atoms with Gasteiger partial charge in [0.15, 0.2) is 0 Å². The van der Waals surface area contributed by atoms with Crippen LogP contribution in [0.5, 0.6) is 0 Å². The van der Waals surface area contributed by atoms with Crippen LogP contribution >= 0.6 is 0 Å². The zero-order valence-corrected chi connectivity index (χ0v) is 13.2. The van der Waals surface area contributed by atoms with Gasteiger partial charge in [0.25, 0.3) is 0 Å². The van der Waals surface area contributed by atoms with E-state index >= 15 is 0 Å². The Morgan fingerprint density at radius 3 is 2.17 bits per heavy atom. The standard InChI is InChI=1S/C21H17N3/c1-3-9-18(10-4-1)21(20-13-7-8-14-22-20)24-16-15-23(17-24)19-11-5-2-6-12-19/h1-16,21H/t21-/m1/s1. The number of hydrogen-bond donors (Lipinski definition) is 0. The molecular weight excluding hydrogens is 294 g/mol. The van der Waals surface area contributed by atoms with Gasteiger partial charge in [-0.1, -0.05) is 54.6 Å². The Hall–Kier alpha value is -3.07. The highest BCUT2D eigenvalue weighted by Crippen LogP contribution is 2.33. The highest BCUT2D eigenvalue weighted by molar-refractivity contribution is 5.52. The molecule has 116 valence electrons. The first-order chi connectivity index (χ1) is 11.9. The largest absolute Gasteiger partial charge is 0.333 e. The molecule has 0 amide bonds. The first-order valence-corrected chi connectivity index (χ1v) is 7.95. The van der Waals surface area contributed by atoms with E-state index in [2.05, 4.69) is 59.0 Å². The summed E-state index contributed by atoms with van der Waals surface area (Å²) in [5.41, 5.74) is 3.27. The Kier molecular flexibility index (Phi) is 3.98. The lowest BCUT2D eigenvalue weighted by molar-refractivity contribution is 0.388. The van der Waals surface area contributed by atoms with E-state index in [0.717, 1.165) is 11.4 Å². The van der Waals surface area contributed by atoms with Crippen molar-refractivity contribution in [3.05, 3.63) is 115 Å². The Morgan fingerprint density at radius 2 is 1.46 bits per heavy atom. The van der Waals surface area contributed by atoms with E-state index in [1.165, 1.54) is 5.56 Å². The monoisotopic (exact) mass is 311 g/mol. The predicted octanol–water partition coefficient (Wildman–Crippen LogP) is 4.46. The van der Waals surface area contributed by atoms with Crippen LogP contribution < -0.4 is 4.90 Å². The lowest BCUT2D eigenvalue weighted by Crippen LogP contribution is -2.25. The minimum Gasteiger partial charge on any atom is -0.333 e. The number of para-hydroxylation sites is 1. The first kappa shape index (κ1) is 14.5. The molecule has 0 aliphatic carbocycles. The number of hydrogen-bond acceptors (Lipinski definition) is 3. The molecule has 0 saturated heterocycles. The van der Waals surface area contributed by atoms with Gasteiger partial charge in [0, 0.05) is 24.3 Å². The summed E-state index contributed by atoms with van der Waals surface area (Å²) in [6.07, 6.45) is 5.90. The van der Waals surface area contributed by atoms with Crippen molar-refractivity contribution < 1.29 is 0 Å². The fourth-order valence-corrected chi connectivity index (χ4v) is 2.85. The minimum atomic E-state index is -0.00244. The predicted molar refractivity (Wildman–Crippen MR) is 95.7 cm³/mol. The van der Waals surface area contributed by atoms with Gasteiger partial charge in [0.05, 0.1) is 11.7 Å². The third-order valence-corrected chi connectivity index (χ3v) is 4.00. The van der Waals surface area contributed by atoms with Gasteiger partial charge in [-0.05, 0) is 29.8 Å². The number of rotatable bonds is 4. The van der Waals surface area contributed by atoms with Crippen LogP contribution in [0.4, 0.5) is 5.69 Å². The van der Waals surface area contributed by atoms with Gasteiger partial charge in [-0.25, -0.2) is 0 Å². The third kappa shape index (κ3) is 2.88. The van der Waals surface area contributed by atoms with Gasteiger partial charge < -0.3 is 9.80 Å². The first-order valence-electron chi connectivity index (χ1n) is 7.95. The molecule has 3 nitrogen and oxygen atoms in total. The van der Waals surface area contributed by atoms with Crippen LogP contribution in [0.15, 0.2) is 97.5 Å². The van der Waals surface area contributed by atoms with E-state index in [9.17, 15) is 0 Å². The van der Waals surface area contributed by atoms with E-state index in [-0.39, 0.29) is 6.04 Å². The maximum atomic E-state index is 4.56. The zero-order valence-electron chi connectivity index (χ0n) is 13.2. The van der Waals surface area contributed by atoms with Crippen LogP contribution in [0.25, 0.3) is 0 Å². The molecule has 0 N–H and O–H groups in total. The van der Waals surface area contributed by atoms with Gasteiger partial charge in [-0.3, -0.25) is 4.98 Å². The number of nitrogens with zero attached hydrogens (tertiary/aromatic N) is 3. The smallest absolute Gasteiger partial charge is 0.213 e. The Morgan fingerprint density at radius 1 is 0.750 bits per heavy atom. The quantitative estimate of drug-likeness (QED) is 0.709. The van der Waals surface area contributed by atoms with Crippen molar-refractivity contribution in [3.63, 3.8) is 0 Å². The second kappa shape index (κ2) is 6.59. The highest BCUT2D eigenvalue weighted by atomic mass is 15.4. The van der Waals surface area contributed by atoms with Crippen LogP contribution in [-0.2, 0) is 0 Å². The van der Waals surface area contributed by atoms with Crippen molar-refractivity contribution in [2.75, 3.05) is 4.90 Å². The molecule has 1 atom stereocenters. The molecule has 2 aromatic carbocycles. The highest BCUT2D eigenvalue weighted by Gasteiger charge is 2.27. The van der Waals surface area contributed by atoms with Crippen LogP contribution in [0, 0.1) is 6.67 Å². The summed E-state index contributed by atoms with van der Waals surface area (Å²) in [6.45, 7) is 3.42. The fraction of sp³-hybridized carbons (Fsp3) is 0.0476. The van der Waals surface area contributed by atoms with Gasteiger partial charge in [0.2, 0.25) is 6.67 Å². The van der Waals surface area contributed by atoms with E-state index < -0.39 is 0 Å². The summed E-state index contributed by atoms with van der Waals surface area (Å²) in [4.78, 5) is 8.64. The van der Waals surface area contributed by atoms with E-state index in [4.69, 9.17) is 0 Å². The number of aromatic nitrogens is 1. The normalized spacial score (nSPS) is 14.8. The van der Waals surface area contributed by atoms with E-state index in [0.29, 0.717) is 0 Å². The van der Waals surface area contributed by atoms with Gasteiger partial charge in [0.1, 0.15) is 0 Å². The second-order valence-corrected chi connectivity index (χ2v) is 5.58. The minimum absolute atomic E-state index is 0.00244. The average molecular weight is 311 g/mol. The lowest BCUT2D eigenvalue weighted by Gasteiger charge is -2.28. The van der Waals surface area contributed by atoms with Crippen molar-refractivity contribution in [3.8, 4) is 0 Å². The molecule has 3 aromatic rings. The molecule has 3 heteroatoms. The van der Waals surface area contributed by atoms with Crippen molar-refractivity contribution >= 4 is 5.69 Å². The maximum absolute atomic E-state index is 4.56. The van der Waals surface area contributed by atoms with Crippen molar-refractivity contribution in [2.24, 2.45) is 0 Å². The third-order valence-electron chi connectivity index (χ3n) is 4.00. The summed E-state index contributed by atoms with van der Waals surface area (Å²) in [7, 11) is 0. The molecule has 4 rings (SSSR count). The molecule has 0 saturated carbocycles. The molecule has 24 heavy (non-hydrogen) atoms. The fourth-order valence-electron chi connectivity index (χ4n) is 2.85. The number of anilines is 1. The molecule has 1 aliphatic heterocycles. The Balaban J connectivity index is 1.65. The number of benzene rings is 2. The summed E-state index contributed by atoms with van der Waals surface area (Å²) in [5.74, 6) is 0. The number of pyridine rings is 1. The molecule has 0 fully saturated rings. The Labute approximate surface area is 142 Å². The molecule has 1 aromatic heterocycles. The van der Waals surface area contributed by atoms with Gasteiger partial charge >= 0.3 is 0 Å². The maximum Gasteiger partial charge on any atom is 0.213 e. The van der Waals surface area contributed by atoms with E-state index in [1.807, 2.05) is 59.9 Å². The Bertz CT molecular complexity index is 761. The summed E-state index contributed by atoms with van der Waals surface area (Å²) in [6, 6.07) is 26.6. The summed E-state index contributed by atoms with van der Waals surface area (Å²) < 4.78 is 0. The molecule has 2 radical (unpaired) electrons. The molecule has 0 bridgehead atoms. The van der Waals surface area contributed by atoms with Gasteiger partial charge in [-0.15, -0.1) is 0 Å². The zero-order chi connectivity index (χ0) is 16.2. The van der Waals surface area contributed by atoms with E-state index in [1.54, 1.807) is 0 Å². The molecule has 0 unspecified atom stereocenters. The average Bonchev–Trinajstić information content (AvgIpc) is 3.14. The van der Waals surface area contributed by atoms with Crippen LogP contribution in [0.2, 0.25) is 0 Å². The summed E-state index contributed by atoms with van der Waals surface area (Å²) >= 11 is 0. The summed E-state index contributed by atoms with van der Waals surface area (Å²) in [5, 5.41) is 0. The van der Waals surface area contributed by atoms with Gasteiger partial charge in [-0.2, -0.15) is 0 Å². The van der Waals surface area contributed by atoms with Crippen LogP contribution in [-0.4, -0.2) is 9.88 Å². The molecular formula is C21H17N3. The topological polar surface area (TPSA) is 19.4 Å². The van der Waals surface area contributed by atoms with Crippen LogP contribution in [0.3, 0.4) is 0 Å². The van der Waals surface area contributed by atoms with Crippen molar-refractivity contribution in [2.45, 2.75) is 6.04 Å². The lowest BCUT2D eigenvalue weighted by atomic mass is 10.0. The molecule has 2 heterocycles. The second-order valence-electron chi connectivity index (χ2n) is 5.58. The SMILES string of the molecule is [C]1N(c2ccccc2)C=CN1[C@H](c1ccccc1)c1ccccn1. The van der Waals surface area contributed by atoms with Crippen molar-refractivity contribution in [1.82, 2.24) is 9.88 Å².